The molecule has 0 unspecified atom stereocenters. The molecule has 0 saturated carbocycles. The van der Waals surface area contributed by atoms with E-state index in [9.17, 15) is 0 Å². The number of fused-ring (bicyclic) bond motifs is 2. The van der Waals surface area contributed by atoms with Crippen molar-refractivity contribution in [3.8, 4) is 22.4 Å². The van der Waals surface area contributed by atoms with Crippen molar-refractivity contribution in [3.05, 3.63) is 96.7 Å². The van der Waals surface area contributed by atoms with Gasteiger partial charge in [0.1, 0.15) is 0 Å². The lowest BCUT2D eigenvalue weighted by Gasteiger charge is -2.12. The summed E-state index contributed by atoms with van der Waals surface area (Å²) in [6, 6.07) is 31.5. The number of aryl methyl sites for hydroxylation is 1. The van der Waals surface area contributed by atoms with Gasteiger partial charge >= 0.3 is 0 Å². The van der Waals surface area contributed by atoms with Crippen molar-refractivity contribution in [2.45, 2.75) is 6.92 Å². The monoisotopic (exact) mass is 346 g/mol. The van der Waals surface area contributed by atoms with E-state index in [2.05, 4.69) is 84.9 Å². The van der Waals surface area contributed by atoms with Crippen molar-refractivity contribution in [1.82, 2.24) is 9.97 Å². The molecular weight excluding hydrogens is 328 g/mol. The van der Waals surface area contributed by atoms with Gasteiger partial charge in [0.15, 0.2) is 0 Å². The van der Waals surface area contributed by atoms with Crippen LogP contribution in [0.5, 0.6) is 0 Å². The Morgan fingerprint density at radius 2 is 1.11 bits per heavy atom. The van der Waals surface area contributed by atoms with Crippen LogP contribution in [0.3, 0.4) is 0 Å². The second-order valence-electron chi connectivity index (χ2n) is 6.76. The van der Waals surface area contributed by atoms with Crippen LogP contribution >= 0.6 is 0 Å². The summed E-state index contributed by atoms with van der Waals surface area (Å²) < 4.78 is 0. The van der Waals surface area contributed by atoms with Crippen molar-refractivity contribution in [3.63, 3.8) is 0 Å². The van der Waals surface area contributed by atoms with Crippen molar-refractivity contribution in [1.29, 1.82) is 0 Å². The van der Waals surface area contributed by atoms with Crippen molar-refractivity contribution in [2.24, 2.45) is 0 Å². The fourth-order valence-electron chi connectivity index (χ4n) is 3.64. The highest BCUT2D eigenvalue weighted by atomic mass is 14.8. The average Bonchev–Trinajstić information content (AvgIpc) is 2.72. The first-order valence-electron chi connectivity index (χ1n) is 9.11. The molecular formula is C25H18N2. The zero-order chi connectivity index (χ0) is 18.2. The van der Waals surface area contributed by atoms with E-state index in [4.69, 9.17) is 9.97 Å². The van der Waals surface area contributed by atoms with Gasteiger partial charge in [-0.05, 0) is 41.0 Å². The number of benzene rings is 4. The molecule has 5 rings (SSSR count). The molecule has 5 aromatic rings. The van der Waals surface area contributed by atoms with E-state index in [0.717, 1.165) is 28.0 Å². The van der Waals surface area contributed by atoms with Gasteiger partial charge in [0.25, 0.3) is 0 Å². The summed E-state index contributed by atoms with van der Waals surface area (Å²) in [5.74, 6) is 0. The molecule has 0 amide bonds. The molecule has 0 aliphatic rings. The van der Waals surface area contributed by atoms with Crippen LogP contribution in [0.25, 0.3) is 44.2 Å². The molecule has 27 heavy (non-hydrogen) atoms. The molecule has 0 fully saturated rings. The maximum absolute atomic E-state index is 5.02. The van der Waals surface area contributed by atoms with Gasteiger partial charge in [-0.25, -0.2) is 9.97 Å². The first-order chi connectivity index (χ1) is 13.3. The number of hydrogen-bond acceptors (Lipinski definition) is 2. The highest BCUT2D eigenvalue weighted by molar-refractivity contribution is 5.96. The summed E-state index contributed by atoms with van der Waals surface area (Å²) in [4.78, 5) is 9.89. The predicted molar refractivity (Wildman–Crippen MR) is 113 cm³/mol. The van der Waals surface area contributed by atoms with Gasteiger partial charge in [-0.15, -0.1) is 0 Å². The Labute approximate surface area is 158 Å². The molecule has 2 heteroatoms. The molecule has 0 radical (unpaired) electrons. The Morgan fingerprint density at radius 3 is 1.81 bits per heavy atom. The highest BCUT2D eigenvalue weighted by Gasteiger charge is 2.13. The summed E-state index contributed by atoms with van der Waals surface area (Å²) in [5.41, 5.74) is 7.23. The summed E-state index contributed by atoms with van der Waals surface area (Å²) in [6.45, 7) is 2.04. The molecule has 1 aromatic heterocycles. The van der Waals surface area contributed by atoms with E-state index in [1.165, 1.54) is 21.9 Å². The smallest absolute Gasteiger partial charge is 0.0928 e. The van der Waals surface area contributed by atoms with Crippen LogP contribution in [-0.4, -0.2) is 9.97 Å². The van der Waals surface area contributed by atoms with E-state index in [1.54, 1.807) is 0 Å². The molecule has 0 saturated heterocycles. The average molecular weight is 346 g/mol. The molecule has 128 valence electrons. The number of aromatic nitrogens is 2. The Bertz CT molecular complexity index is 1270. The Balaban J connectivity index is 1.76. The Kier molecular flexibility index (Phi) is 3.68. The van der Waals surface area contributed by atoms with Crippen LogP contribution in [0.15, 0.2) is 91.0 Å². The highest BCUT2D eigenvalue weighted by Crippen LogP contribution is 2.33. The lowest BCUT2D eigenvalue weighted by Crippen LogP contribution is -1.96. The largest absolute Gasteiger partial charge is 0.249 e. The van der Waals surface area contributed by atoms with E-state index in [-0.39, 0.29) is 0 Å². The van der Waals surface area contributed by atoms with Gasteiger partial charge in [0, 0.05) is 5.56 Å². The minimum absolute atomic E-state index is 0.928. The molecule has 4 aromatic carbocycles. The molecule has 2 nitrogen and oxygen atoms in total. The summed E-state index contributed by atoms with van der Waals surface area (Å²) in [7, 11) is 0. The minimum atomic E-state index is 0.928. The quantitative estimate of drug-likeness (QED) is 0.344. The minimum Gasteiger partial charge on any atom is -0.249 e. The van der Waals surface area contributed by atoms with Crippen molar-refractivity contribution < 1.29 is 0 Å². The molecule has 0 N–H and O–H groups in total. The fraction of sp³-hybridized carbons (Fsp3) is 0.0400. The number of rotatable bonds is 2. The third-order valence-corrected chi connectivity index (χ3v) is 4.97. The molecule has 0 aliphatic heterocycles. The zero-order valence-corrected chi connectivity index (χ0v) is 15.1. The van der Waals surface area contributed by atoms with Crippen LogP contribution in [0.2, 0.25) is 0 Å². The van der Waals surface area contributed by atoms with Gasteiger partial charge in [-0.1, -0.05) is 78.9 Å². The molecule has 0 spiro atoms. The van der Waals surface area contributed by atoms with Gasteiger partial charge in [0.2, 0.25) is 0 Å². The van der Waals surface area contributed by atoms with Crippen LogP contribution < -0.4 is 0 Å². The van der Waals surface area contributed by atoms with E-state index in [1.807, 2.05) is 13.0 Å². The molecule has 0 aliphatic carbocycles. The standard InChI is InChI=1S/C25H18N2/c1-17-25(22-14-8-7-13-21(22)18-9-3-2-4-10-18)27-24-16-20-12-6-5-11-19(20)15-23(24)26-17/h2-16H,1H3. The second kappa shape index (κ2) is 6.33. The normalized spacial score (nSPS) is 11.1. The second-order valence-corrected chi connectivity index (χ2v) is 6.76. The summed E-state index contributed by atoms with van der Waals surface area (Å²) in [6.07, 6.45) is 0. The van der Waals surface area contributed by atoms with Gasteiger partial charge in [-0.2, -0.15) is 0 Å². The Hall–Kier alpha value is -3.52. The van der Waals surface area contributed by atoms with Gasteiger partial charge < -0.3 is 0 Å². The maximum Gasteiger partial charge on any atom is 0.0928 e. The molecule has 0 atom stereocenters. The third-order valence-electron chi connectivity index (χ3n) is 4.97. The lowest BCUT2D eigenvalue weighted by atomic mass is 9.96. The van der Waals surface area contributed by atoms with Crippen molar-refractivity contribution >= 4 is 21.8 Å². The van der Waals surface area contributed by atoms with Crippen LogP contribution in [-0.2, 0) is 0 Å². The predicted octanol–water partition coefficient (Wildman–Crippen LogP) is 6.43. The van der Waals surface area contributed by atoms with Crippen LogP contribution in [0.4, 0.5) is 0 Å². The molecule has 0 bridgehead atoms. The van der Waals surface area contributed by atoms with Crippen molar-refractivity contribution in [2.75, 3.05) is 0 Å². The maximum atomic E-state index is 5.02. The van der Waals surface area contributed by atoms with E-state index >= 15 is 0 Å². The SMILES string of the molecule is Cc1nc2cc3ccccc3cc2nc1-c1ccccc1-c1ccccc1. The van der Waals surface area contributed by atoms with E-state index < -0.39 is 0 Å². The number of nitrogens with zero attached hydrogens (tertiary/aromatic N) is 2. The first-order valence-corrected chi connectivity index (χ1v) is 9.11. The van der Waals surface area contributed by atoms with E-state index in [0.29, 0.717) is 0 Å². The third kappa shape index (κ3) is 2.76. The van der Waals surface area contributed by atoms with Gasteiger partial charge in [0.05, 0.1) is 22.4 Å². The first kappa shape index (κ1) is 15.7. The van der Waals surface area contributed by atoms with Crippen LogP contribution in [0, 0.1) is 6.92 Å². The fourth-order valence-corrected chi connectivity index (χ4v) is 3.64. The summed E-state index contributed by atoms with van der Waals surface area (Å²) >= 11 is 0. The lowest BCUT2D eigenvalue weighted by molar-refractivity contribution is 1.19. The Morgan fingerprint density at radius 1 is 0.556 bits per heavy atom. The molecule has 1 heterocycles. The topological polar surface area (TPSA) is 25.8 Å². The zero-order valence-electron chi connectivity index (χ0n) is 15.1. The van der Waals surface area contributed by atoms with Crippen LogP contribution in [0.1, 0.15) is 5.69 Å². The summed E-state index contributed by atoms with van der Waals surface area (Å²) in [5, 5.41) is 2.38. The number of hydrogen-bond donors (Lipinski definition) is 0. The van der Waals surface area contributed by atoms with Gasteiger partial charge in [-0.3, -0.25) is 0 Å².